The van der Waals surface area contributed by atoms with Gasteiger partial charge in [-0.3, -0.25) is 13.9 Å². The van der Waals surface area contributed by atoms with Crippen LogP contribution in [0.25, 0.3) is 22.2 Å². The van der Waals surface area contributed by atoms with Crippen LogP contribution in [0.4, 0.5) is 5.88 Å². The summed E-state index contributed by atoms with van der Waals surface area (Å²) in [7, 11) is 3.05. The van der Waals surface area contributed by atoms with E-state index in [1.165, 1.54) is 17.2 Å². The zero-order chi connectivity index (χ0) is 20.5. The Morgan fingerprint density at radius 1 is 1.00 bits per heavy atom. The van der Waals surface area contributed by atoms with Gasteiger partial charge in [0.25, 0.3) is 5.56 Å². The number of hydrogen-bond acceptors (Lipinski definition) is 4. The molecule has 4 rings (SSSR count). The highest BCUT2D eigenvalue weighted by Crippen LogP contribution is 2.37. The minimum Gasteiger partial charge on any atom is -0.423 e. The Morgan fingerprint density at radius 2 is 1.76 bits per heavy atom. The summed E-state index contributed by atoms with van der Waals surface area (Å²) in [5.41, 5.74) is 1.92. The molecular formula is C22H20ClN3O3. The van der Waals surface area contributed by atoms with Crippen molar-refractivity contribution in [1.82, 2.24) is 9.13 Å². The standard InChI is InChI=1S/C22H20ClN3O3/c1-25-20(27)18-17(15-9-6-10-16(23)13-15)19(29-21(18)26(2)22(25)28)24-12-11-14-7-4-3-5-8-14/h3-10,13,24H,11-12H2,1-2H3. The molecular weight excluding hydrogens is 390 g/mol. The number of fused-ring (bicyclic) bond motifs is 1. The number of benzene rings is 2. The number of nitrogens with zero attached hydrogens (tertiary/aromatic N) is 2. The van der Waals surface area contributed by atoms with E-state index < -0.39 is 11.2 Å². The Balaban J connectivity index is 1.85. The Labute approximate surface area is 172 Å². The van der Waals surface area contributed by atoms with Crippen LogP contribution in [0.15, 0.2) is 68.6 Å². The molecule has 148 valence electrons. The van der Waals surface area contributed by atoms with Gasteiger partial charge in [-0.25, -0.2) is 4.79 Å². The normalized spacial score (nSPS) is 11.1. The number of hydrogen-bond donors (Lipinski definition) is 1. The molecule has 29 heavy (non-hydrogen) atoms. The number of furan rings is 1. The van der Waals surface area contributed by atoms with E-state index in [0.29, 0.717) is 28.4 Å². The molecule has 6 nitrogen and oxygen atoms in total. The van der Waals surface area contributed by atoms with Gasteiger partial charge in [0, 0.05) is 25.7 Å². The summed E-state index contributed by atoms with van der Waals surface area (Å²) < 4.78 is 8.40. The lowest BCUT2D eigenvalue weighted by atomic mass is 10.1. The third-order valence-electron chi connectivity index (χ3n) is 4.94. The van der Waals surface area contributed by atoms with Crippen molar-refractivity contribution in [2.24, 2.45) is 14.1 Å². The van der Waals surface area contributed by atoms with Gasteiger partial charge in [0.05, 0.1) is 5.56 Å². The van der Waals surface area contributed by atoms with Crippen LogP contribution in [0.5, 0.6) is 0 Å². The summed E-state index contributed by atoms with van der Waals surface area (Å²) in [6.07, 6.45) is 0.782. The maximum Gasteiger partial charge on any atom is 0.333 e. The molecule has 4 aromatic rings. The summed E-state index contributed by atoms with van der Waals surface area (Å²) in [5.74, 6) is 0.441. The summed E-state index contributed by atoms with van der Waals surface area (Å²) >= 11 is 6.19. The molecule has 1 N–H and O–H groups in total. The lowest BCUT2D eigenvalue weighted by Gasteiger charge is -2.07. The molecule has 0 amide bonds. The minimum atomic E-state index is -0.440. The number of rotatable bonds is 5. The largest absolute Gasteiger partial charge is 0.423 e. The SMILES string of the molecule is Cn1c(=O)c2c(-c3cccc(Cl)c3)c(NCCc3ccccc3)oc2n(C)c1=O. The molecule has 2 aromatic heterocycles. The smallest absolute Gasteiger partial charge is 0.333 e. The summed E-state index contributed by atoms with van der Waals surface area (Å²) in [6, 6.07) is 17.3. The zero-order valence-corrected chi connectivity index (χ0v) is 16.9. The second-order valence-corrected chi connectivity index (χ2v) is 7.30. The Kier molecular flexibility index (Phi) is 5.03. The van der Waals surface area contributed by atoms with Crippen molar-refractivity contribution >= 4 is 28.6 Å². The van der Waals surface area contributed by atoms with E-state index in [0.717, 1.165) is 16.6 Å². The van der Waals surface area contributed by atoms with Crippen molar-refractivity contribution in [3.63, 3.8) is 0 Å². The lowest BCUT2D eigenvalue weighted by molar-refractivity contribution is 0.573. The van der Waals surface area contributed by atoms with Gasteiger partial charge >= 0.3 is 5.69 Å². The summed E-state index contributed by atoms with van der Waals surface area (Å²) in [4.78, 5) is 25.3. The van der Waals surface area contributed by atoms with E-state index >= 15 is 0 Å². The van der Waals surface area contributed by atoms with E-state index in [4.69, 9.17) is 16.0 Å². The fourth-order valence-electron chi connectivity index (χ4n) is 3.43. The first kappa shape index (κ1) is 19.1. The third-order valence-corrected chi connectivity index (χ3v) is 5.18. The van der Waals surface area contributed by atoms with E-state index in [1.807, 2.05) is 30.3 Å². The number of anilines is 1. The number of nitrogens with one attached hydrogen (secondary N) is 1. The van der Waals surface area contributed by atoms with Gasteiger partial charge in [0.15, 0.2) is 0 Å². The molecule has 0 fully saturated rings. The van der Waals surface area contributed by atoms with Gasteiger partial charge in [0.2, 0.25) is 11.6 Å². The van der Waals surface area contributed by atoms with Crippen LogP contribution in [0.3, 0.4) is 0 Å². The van der Waals surface area contributed by atoms with Crippen LogP contribution in [0, 0.1) is 0 Å². The molecule has 0 saturated carbocycles. The first-order valence-corrected chi connectivity index (χ1v) is 9.61. The van der Waals surface area contributed by atoms with Crippen molar-refractivity contribution in [3.8, 4) is 11.1 Å². The van der Waals surface area contributed by atoms with E-state index in [2.05, 4.69) is 17.4 Å². The first-order chi connectivity index (χ1) is 14.0. The summed E-state index contributed by atoms with van der Waals surface area (Å²) in [6.45, 7) is 0.603. The van der Waals surface area contributed by atoms with Crippen LogP contribution >= 0.6 is 11.6 Å². The quantitative estimate of drug-likeness (QED) is 0.544. The van der Waals surface area contributed by atoms with Gasteiger partial charge in [0.1, 0.15) is 5.39 Å². The topological polar surface area (TPSA) is 69.2 Å². The highest BCUT2D eigenvalue weighted by molar-refractivity contribution is 6.31. The molecule has 0 spiro atoms. The van der Waals surface area contributed by atoms with Crippen LogP contribution in [-0.4, -0.2) is 15.7 Å². The monoisotopic (exact) mass is 409 g/mol. The predicted octanol–water partition coefficient (Wildman–Crippen LogP) is 3.81. The second kappa shape index (κ2) is 7.64. The van der Waals surface area contributed by atoms with E-state index in [9.17, 15) is 9.59 Å². The molecule has 0 atom stereocenters. The van der Waals surface area contributed by atoms with Crippen molar-refractivity contribution in [3.05, 3.63) is 86.0 Å². The van der Waals surface area contributed by atoms with E-state index in [1.54, 1.807) is 19.2 Å². The van der Waals surface area contributed by atoms with Gasteiger partial charge in [-0.05, 0) is 29.7 Å². The maximum absolute atomic E-state index is 12.9. The molecule has 0 radical (unpaired) electrons. The molecule has 0 saturated heterocycles. The minimum absolute atomic E-state index is 0.232. The average molecular weight is 410 g/mol. The van der Waals surface area contributed by atoms with Gasteiger partial charge in [-0.1, -0.05) is 54.1 Å². The van der Waals surface area contributed by atoms with Gasteiger partial charge < -0.3 is 9.73 Å². The molecule has 0 bridgehead atoms. The fraction of sp³-hybridized carbons (Fsp3) is 0.182. The van der Waals surface area contributed by atoms with Crippen LogP contribution in [0.2, 0.25) is 5.02 Å². The Hall–Kier alpha value is -3.25. The first-order valence-electron chi connectivity index (χ1n) is 9.23. The molecule has 0 aliphatic rings. The van der Waals surface area contributed by atoms with Crippen molar-refractivity contribution < 1.29 is 4.42 Å². The second-order valence-electron chi connectivity index (χ2n) is 6.86. The number of halogens is 1. The zero-order valence-electron chi connectivity index (χ0n) is 16.1. The number of aromatic nitrogens is 2. The molecule has 2 heterocycles. The maximum atomic E-state index is 12.9. The summed E-state index contributed by atoms with van der Waals surface area (Å²) in [5, 5.41) is 4.19. The third kappa shape index (κ3) is 3.47. The Morgan fingerprint density at radius 3 is 2.48 bits per heavy atom. The lowest BCUT2D eigenvalue weighted by Crippen LogP contribution is -2.36. The highest BCUT2D eigenvalue weighted by Gasteiger charge is 2.23. The van der Waals surface area contributed by atoms with Gasteiger partial charge in [-0.15, -0.1) is 0 Å². The van der Waals surface area contributed by atoms with Crippen LogP contribution < -0.4 is 16.6 Å². The van der Waals surface area contributed by atoms with Crippen LogP contribution in [0.1, 0.15) is 5.56 Å². The molecule has 0 aliphatic heterocycles. The predicted molar refractivity (Wildman–Crippen MR) is 116 cm³/mol. The molecule has 0 aliphatic carbocycles. The van der Waals surface area contributed by atoms with Crippen molar-refractivity contribution in [1.29, 1.82) is 0 Å². The average Bonchev–Trinajstić information content (AvgIpc) is 3.11. The molecule has 2 aromatic carbocycles. The van der Waals surface area contributed by atoms with Crippen molar-refractivity contribution in [2.45, 2.75) is 6.42 Å². The van der Waals surface area contributed by atoms with Gasteiger partial charge in [-0.2, -0.15) is 0 Å². The molecule has 7 heteroatoms. The van der Waals surface area contributed by atoms with Crippen molar-refractivity contribution in [2.75, 3.05) is 11.9 Å². The Bertz CT molecular complexity index is 1300. The molecule has 0 unspecified atom stereocenters. The number of aryl methyl sites for hydroxylation is 1. The fourth-order valence-corrected chi connectivity index (χ4v) is 3.62. The highest BCUT2D eigenvalue weighted by atomic mass is 35.5. The van der Waals surface area contributed by atoms with E-state index in [-0.39, 0.29) is 5.71 Å². The van der Waals surface area contributed by atoms with Crippen LogP contribution in [-0.2, 0) is 20.5 Å².